The number of halogens is 8. The van der Waals surface area contributed by atoms with Crippen molar-refractivity contribution in [2.45, 2.75) is 30.7 Å². The molecule has 0 saturated carbocycles. The summed E-state index contributed by atoms with van der Waals surface area (Å²) in [4.78, 5) is 17.6. The van der Waals surface area contributed by atoms with Crippen LogP contribution in [-0.4, -0.2) is 23.6 Å². The molecule has 1 amide bonds. The number of amides is 1. The second-order valence-corrected chi connectivity index (χ2v) is 9.40. The van der Waals surface area contributed by atoms with Crippen molar-refractivity contribution >= 4 is 17.7 Å². The number of pyridine rings is 1. The maximum atomic E-state index is 13.8. The highest BCUT2D eigenvalue weighted by Crippen LogP contribution is 2.37. The highest BCUT2D eigenvalue weighted by Gasteiger charge is 2.45. The van der Waals surface area contributed by atoms with Crippen molar-refractivity contribution in [3.05, 3.63) is 125 Å². The van der Waals surface area contributed by atoms with Gasteiger partial charge in [-0.3, -0.25) is 4.98 Å². The van der Waals surface area contributed by atoms with Crippen LogP contribution in [0.2, 0.25) is 5.02 Å². The Balaban J connectivity index is 1.83. The lowest BCUT2D eigenvalue weighted by Gasteiger charge is -2.35. The summed E-state index contributed by atoms with van der Waals surface area (Å²) in [6.45, 7) is 0. The van der Waals surface area contributed by atoms with Crippen LogP contribution in [0.15, 0.2) is 97.2 Å². The number of rotatable bonds is 9. The fourth-order valence-electron chi connectivity index (χ4n) is 4.12. The molecule has 1 aromatic heterocycles. The smallest absolute Gasteiger partial charge is 0.428 e. The van der Waals surface area contributed by atoms with Gasteiger partial charge >= 0.3 is 24.8 Å². The molecule has 42 heavy (non-hydrogen) atoms. The Morgan fingerprint density at radius 1 is 0.833 bits per heavy atom. The first-order valence-corrected chi connectivity index (χ1v) is 12.4. The summed E-state index contributed by atoms with van der Waals surface area (Å²) in [6, 6.07) is 19.6. The van der Waals surface area contributed by atoms with Crippen LogP contribution < -0.4 is 14.8 Å². The molecule has 5 nitrogen and oxygen atoms in total. The Morgan fingerprint density at radius 3 is 2.10 bits per heavy atom. The standard InChI is InChI=1S/C29H20ClF7N2O3/c30-21-12-13-24(38-17-21)27(16-18-6-2-1-3-7-18,19-8-4-11-23(14-19)42-29(36,37)25(31)32)39-26(40)41-22-10-5-9-20(15-22)28(33,34)35/h1-15,17,25H,16H2,(H,39,40)/t27-/m1/s1. The first-order chi connectivity index (χ1) is 19.8. The fourth-order valence-corrected chi connectivity index (χ4v) is 4.23. The molecule has 13 heteroatoms. The average molecular weight is 613 g/mol. The maximum absolute atomic E-state index is 13.8. The van der Waals surface area contributed by atoms with E-state index in [0.29, 0.717) is 11.6 Å². The van der Waals surface area contributed by atoms with Gasteiger partial charge in [0.15, 0.2) is 0 Å². The van der Waals surface area contributed by atoms with Crippen LogP contribution >= 0.6 is 11.6 Å². The third-order valence-electron chi connectivity index (χ3n) is 6.00. The molecule has 220 valence electrons. The van der Waals surface area contributed by atoms with Gasteiger partial charge in [0.05, 0.1) is 16.3 Å². The number of alkyl halides is 7. The van der Waals surface area contributed by atoms with E-state index in [1.165, 1.54) is 30.5 Å². The van der Waals surface area contributed by atoms with Crippen LogP contribution in [0.25, 0.3) is 0 Å². The first-order valence-electron chi connectivity index (χ1n) is 12.1. The highest BCUT2D eigenvalue weighted by atomic mass is 35.5. The molecule has 0 unspecified atom stereocenters. The van der Waals surface area contributed by atoms with Gasteiger partial charge in [0.1, 0.15) is 17.0 Å². The van der Waals surface area contributed by atoms with E-state index in [0.717, 1.165) is 30.3 Å². The number of carbonyl (C=O) groups is 1. The van der Waals surface area contributed by atoms with Crippen molar-refractivity contribution in [1.29, 1.82) is 0 Å². The minimum absolute atomic E-state index is 0.0461. The molecule has 0 aliphatic heterocycles. The summed E-state index contributed by atoms with van der Waals surface area (Å²) >= 11 is 6.02. The third-order valence-corrected chi connectivity index (χ3v) is 6.22. The van der Waals surface area contributed by atoms with Gasteiger partial charge in [0.2, 0.25) is 0 Å². The van der Waals surface area contributed by atoms with Crippen LogP contribution in [0.1, 0.15) is 22.4 Å². The van der Waals surface area contributed by atoms with Gasteiger partial charge < -0.3 is 14.8 Å². The summed E-state index contributed by atoms with van der Waals surface area (Å²) < 4.78 is 102. The third kappa shape index (κ3) is 7.30. The first kappa shape index (κ1) is 30.6. The van der Waals surface area contributed by atoms with E-state index < -0.39 is 47.4 Å². The number of ether oxygens (including phenoxy) is 2. The van der Waals surface area contributed by atoms with E-state index >= 15 is 0 Å². The van der Waals surface area contributed by atoms with Crippen LogP contribution in [0.4, 0.5) is 35.5 Å². The summed E-state index contributed by atoms with van der Waals surface area (Å²) in [7, 11) is 0. The molecular formula is C29H20ClF7N2O3. The van der Waals surface area contributed by atoms with Crippen molar-refractivity contribution in [2.75, 3.05) is 0 Å². The summed E-state index contributed by atoms with van der Waals surface area (Å²) in [5.41, 5.74) is -2.07. The Labute approximate surface area is 239 Å². The zero-order chi connectivity index (χ0) is 30.5. The molecule has 0 spiro atoms. The predicted molar refractivity (Wildman–Crippen MR) is 139 cm³/mol. The van der Waals surface area contributed by atoms with Crippen LogP contribution in [0.5, 0.6) is 11.5 Å². The number of aromatic nitrogens is 1. The number of benzene rings is 3. The number of nitrogens with one attached hydrogen (secondary N) is 1. The second kappa shape index (κ2) is 12.3. The van der Waals surface area contributed by atoms with E-state index in [1.807, 2.05) is 0 Å². The van der Waals surface area contributed by atoms with Gasteiger partial charge in [-0.1, -0.05) is 60.1 Å². The largest absolute Gasteiger partial charge is 0.461 e. The zero-order valence-electron chi connectivity index (χ0n) is 21.2. The minimum atomic E-state index is -4.82. The lowest BCUT2D eigenvalue weighted by molar-refractivity contribution is -0.253. The van der Waals surface area contributed by atoms with Crippen LogP contribution in [0.3, 0.4) is 0 Å². The molecule has 0 saturated heterocycles. The number of nitrogens with zero attached hydrogens (tertiary/aromatic N) is 1. The highest BCUT2D eigenvalue weighted by molar-refractivity contribution is 6.30. The fraction of sp³-hybridized carbons (Fsp3) is 0.172. The van der Waals surface area contributed by atoms with Crippen molar-refractivity contribution < 1.29 is 45.0 Å². The maximum Gasteiger partial charge on any atom is 0.461 e. The number of carbonyl (C=O) groups excluding carboxylic acids is 1. The van der Waals surface area contributed by atoms with Gasteiger partial charge in [-0.25, -0.2) is 4.79 Å². The predicted octanol–water partition coefficient (Wildman–Crippen LogP) is 8.27. The molecule has 1 atom stereocenters. The van der Waals surface area contributed by atoms with E-state index in [9.17, 15) is 35.5 Å². The Morgan fingerprint density at radius 2 is 1.48 bits per heavy atom. The Bertz CT molecular complexity index is 1520. The summed E-state index contributed by atoms with van der Waals surface area (Å²) in [5, 5.41) is 2.83. The molecule has 0 aliphatic carbocycles. The van der Waals surface area contributed by atoms with E-state index in [1.54, 1.807) is 30.3 Å². The Kier molecular flexibility index (Phi) is 8.95. The Hall–Kier alpha value is -4.32. The minimum Gasteiger partial charge on any atom is -0.428 e. The van der Waals surface area contributed by atoms with Crippen molar-refractivity contribution in [1.82, 2.24) is 10.3 Å². The molecule has 0 aliphatic rings. The van der Waals surface area contributed by atoms with Crippen molar-refractivity contribution in [3.8, 4) is 11.5 Å². The van der Waals surface area contributed by atoms with Crippen LogP contribution in [0, 0.1) is 0 Å². The molecule has 4 aromatic rings. The number of hydrogen-bond donors (Lipinski definition) is 1. The second-order valence-electron chi connectivity index (χ2n) is 8.96. The van der Waals surface area contributed by atoms with E-state index in [4.69, 9.17) is 16.3 Å². The van der Waals surface area contributed by atoms with Crippen molar-refractivity contribution in [3.63, 3.8) is 0 Å². The van der Waals surface area contributed by atoms with Crippen molar-refractivity contribution in [2.24, 2.45) is 0 Å². The quantitative estimate of drug-likeness (QED) is 0.193. The lowest BCUT2D eigenvalue weighted by Crippen LogP contribution is -2.50. The normalized spacial score (nSPS) is 13.4. The molecule has 1 N–H and O–H groups in total. The lowest BCUT2D eigenvalue weighted by atomic mass is 9.80. The topological polar surface area (TPSA) is 60.5 Å². The van der Waals surface area contributed by atoms with E-state index in [2.05, 4.69) is 15.0 Å². The molecule has 0 bridgehead atoms. The zero-order valence-corrected chi connectivity index (χ0v) is 22.0. The summed E-state index contributed by atoms with van der Waals surface area (Å²) in [6.07, 6.45) is -13.7. The molecule has 0 radical (unpaired) electrons. The van der Waals surface area contributed by atoms with E-state index in [-0.39, 0.29) is 22.7 Å². The molecule has 3 aromatic carbocycles. The van der Waals surface area contributed by atoms with Gasteiger partial charge in [0.25, 0.3) is 0 Å². The SMILES string of the molecule is O=C(N[C@](Cc1ccccc1)(c1cccc(OC(F)(F)C(F)F)c1)c1ccc(Cl)cn1)Oc1cccc(C(F)(F)F)c1. The van der Waals surface area contributed by atoms with Gasteiger partial charge in [0, 0.05) is 12.6 Å². The molecule has 4 rings (SSSR count). The van der Waals surface area contributed by atoms with Crippen LogP contribution in [-0.2, 0) is 18.1 Å². The molecule has 1 heterocycles. The van der Waals surface area contributed by atoms with Gasteiger partial charge in [-0.2, -0.15) is 30.7 Å². The molecule has 0 fully saturated rings. The van der Waals surface area contributed by atoms with Gasteiger partial charge in [-0.15, -0.1) is 0 Å². The summed E-state index contributed by atoms with van der Waals surface area (Å²) in [5.74, 6) is -1.09. The average Bonchev–Trinajstić information content (AvgIpc) is 2.93. The monoisotopic (exact) mass is 612 g/mol. The molecular weight excluding hydrogens is 593 g/mol. The van der Waals surface area contributed by atoms with Gasteiger partial charge in [-0.05, 0) is 53.6 Å². The number of hydrogen-bond acceptors (Lipinski definition) is 4.